The van der Waals surface area contributed by atoms with E-state index in [9.17, 15) is 14.4 Å². The summed E-state index contributed by atoms with van der Waals surface area (Å²) in [5, 5.41) is 8.74. The molecule has 0 aliphatic rings. The predicted octanol–water partition coefficient (Wildman–Crippen LogP) is 3.75. The number of carbonyl (C=O) groups is 3. The van der Waals surface area contributed by atoms with E-state index in [4.69, 9.17) is 0 Å². The van der Waals surface area contributed by atoms with Crippen LogP contribution in [0.15, 0.2) is 48.5 Å². The molecule has 0 heterocycles. The van der Waals surface area contributed by atoms with Gasteiger partial charge >= 0.3 is 0 Å². The number of hydrogen-bond donors (Lipinski definition) is 3. The van der Waals surface area contributed by atoms with Crippen molar-refractivity contribution in [1.29, 1.82) is 0 Å². The van der Waals surface area contributed by atoms with E-state index >= 15 is 0 Å². The van der Waals surface area contributed by atoms with Crippen molar-refractivity contribution in [3.8, 4) is 0 Å². The van der Waals surface area contributed by atoms with Gasteiger partial charge in [-0.15, -0.1) is 0 Å². The Kier molecular flexibility index (Phi) is 9.06. The number of nitrogens with one attached hydrogen (secondary N) is 3. The van der Waals surface area contributed by atoms with E-state index in [0.29, 0.717) is 35.6 Å². The van der Waals surface area contributed by atoms with Crippen molar-refractivity contribution in [2.45, 2.75) is 40.2 Å². The van der Waals surface area contributed by atoms with Gasteiger partial charge in [-0.05, 0) is 63.6 Å². The molecule has 2 rings (SSSR count). The van der Waals surface area contributed by atoms with Crippen molar-refractivity contribution in [2.75, 3.05) is 30.3 Å². The van der Waals surface area contributed by atoms with Crippen LogP contribution < -0.4 is 16.0 Å². The lowest BCUT2D eigenvalue weighted by Gasteiger charge is -2.19. The molecule has 31 heavy (non-hydrogen) atoms. The Labute approximate surface area is 184 Å². The summed E-state index contributed by atoms with van der Waals surface area (Å²) in [4.78, 5) is 38.9. The summed E-state index contributed by atoms with van der Waals surface area (Å²) in [7, 11) is 0. The zero-order chi connectivity index (χ0) is 22.8. The second-order valence-electron chi connectivity index (χ2n) is 7.32. The van der Waals surface area contributed by atoms with Crippen LogP contribution in [0.3, 0.4) is 0 Å². The molecule has 0 saturated heterocycles. The quantitative estimate of drug-likeness (QED) is 0.542. The average molecular weight is 425 g/mol. The van der Waals surface area contributed by atoms with Crippen LogP contribution in [0, 0.1) is 0 Å². The van der Waals surface area contributed by atoms with Gasteiger partial charge in [0.15, 0.2) is 0 Å². The highest BCUT2D eigenvalue weighted by Crippen LogP contribution is 2.14. The predicted molar refractivity (Wildman–Crippen MR) is 124 cm³/mol. The minimum atomic E-state index is -0.250. The fourth-order valence-corrected chi connectivity index (χ4v) is 2.99. The smallest absolute Gasteiger partial charge is 0.253 e. The van der Waals surface area contributed by atoms with Crippen molar-refractivity contribution >= 4 is 29.1 Å². The van der Waals surface area contributed by atoms with Gasteiger partial charge in [0.2, 0.25) is 5.91 Å². The summed E-state index contributed by atoms with van der Waals surface area (Å²) in [6.45, 7) is 9.15. The fraction of sp³-hybridized carbons (Fsp3) is 0.375. The summed E-state index contributed by atoms with van der Waals surface area (Å²) in [5.74, 6) is -0.455. The standard InChI is InChI=1S/C24H32N4O3/c1-5-17(4)26-23(30)18-10-8-13-21(14-18)27-22(29)16-25-20-12-9-11-19(15-20)24(31)28(6-2)7-3/h8-15,17,25H,5-7,16H2,1-4H3,(H,26,30)(H,27,29). The van der Waals surface area contributed by atoms with Gasteiger partial charge in [0.1, 0.15) is 0 Å². The van der Waals surface area contributed by atoms with E-state index in [1.807, 2.05) is 33.8 Å². The molecule has 3 N–H and O–H groups in total. The lowest BCUT2D eigenvalue weighted by atomic mass is 10.1. The van der Waals surface area contributed by atoms with Crippen LogP contribution in [-0.4, -0.2) is 48.3 Å². The van der Waals surface area contributed by atoms with E-state index in [2.05, 4.69) is 16.0 Å². The molecule has 0 aromatic heterocycles. The van der Waals surface area contributed by atoms with Crippen LogP contribution >= 0.6 is 0 Å². The maximum absolute atomic E-state index is 12.5. The fourth-order valence-electron chi connectivity index (χ4n) is 2.99. The molecule has 0 radical (unpaired) electrons. The number of carbonyl (C=O) groups excluding carboxylic acids is 3. The molecule has 2 aromatic carbocycles. The van der Waals surface area contributed by atoms with Crippen molar-refractivity contribution in [2.24, 2.45) is 0 Å². The van der Waals surface area contributed by atoms with Crippen LogP contribution in [-0.2, 0) is 4.79 Å². The van der Waals surface area contributed by atoms with Crippen LogP contribution in [0.1, 0.15) is 54.8 Å². The molecule has 3 amide bonds. The van der Waals surface area contributed by atoms with E-state index < -0.39 is 0 Å². The minimum absolute atomic E-state index is 0.0339. The number of rotatable bonds is 10. The molecule has 7 heteroatoms. The van der Waals surface area contributed by atoms with Crippen LogP contribution in [0.25, 0.3) is 0 Å². The Morgan fingerprint density at radius 1 is 0.903 bits per heavy atom. The largest absolute Gasteiger partial charge is 0.376 e. The summed E-state index contributed by atoms with van der Waals surface area (Å²) >= 11 is 0. The molecule has 166 valence electrons. The third kappa shape index (κ3) is 7.13. The van der Waals surface area contributed by atoms with Gasteiger partial charge in [0.25, 0.3) is 11.8 Å². The van der Waals surface area contributed by atoms with Gasteiger partial charge in [0, 0.05) is 41.6 Å². The Bertz CT molecular complexity index is 909. The zero-order valence-corrected chi connectivity index (χ0v) is 18.7. The second kappa shape index (κ2) is 11.7. The number of hydrogen-bond acceptors (Lipinski definition) is 4. The maximum Gasteiger partial charge on any atom is 0.253 e. The van der Waals surface area contributed by atoms with Crippen LogP contribution in [0.5, 0.6) is 0 Å². The third-order valence-electron chi connectivity index (χ3n) is 5.01. The molecule has 2 aromatic rings. The molecule has 0 fully saturated rings. The van der Waals surface area contributed by atoms with Crippen molar-refractivity contribution in [3.63, 3.8) is 0 Å². The highest BCUT2D eigenvalue weighted by molar-refractivity contribution is 5.98. The van der Waals surface area contributed by atoms with Crippen molar-refractivity contribution in [1.82, 2.24) is 10.2 Å². The highest BCUT2D eigenvalue weighted by Gasteiger charge is 2.13. The molecule has 0 aliphatic carbocycles. The molecular formula is C24H32N4O3. The molecule has 0 aliphatic heterocycles. The molecule has 7 nitrogen and oxygen atoms in total. The molecular weight excluding hydrogens is 392 g/mol. The first-order valence-electron chi connectivity index (χ1n) is 10.7. The van der Waals surface area contributed by atoms with Gasteiger partial charge in [0.05, 0.1) is 6.54 Å². The summed E-state index contributed by atoms with van der Waals surface area (Å²) in [6, 6.07) is 14.0. The maximum atomic E-state index is 12.5. The number of amides is 3. The Morgan fingerprint density at radius 3 is 2.16 bits per heavy atom. The first-order chi connectivity index (χ1) is 14.9. The lowest BCUT2D eigenvalue weighted by molar-refractivity contribution is -0.114. The van der Waals surface area contributed by atoms with E-state index in [1.165, 1.54) is 0 Å². The van der Waals surface area contributed by atoms with Gasteiger partial charge in [-0.3, -0.25) is 14.4 Å². The van der Waals surface area contributed by atoms with Gasteiger partial charge in [-0.1, -0.05) is 19.1 Å². The average Bonchev–Trinajstić information content (AvgIpc) is 2.78. The summed E-state index contributed by atoms with van der Waals surface area (Å²) < 4.78 is 0. The summed E-state index contributed by atoms with van der Waals surface area (Å²) in [6.07, 6.45) is 0.843. The van der Waals surface area contributed by atoms with E-state index in [0.717, 1.165) is 6.42 Å². The molecule has 0 spiro atoms. The number of nitrogens with zero attached hydrogens (tertiary/aromatic N) is 1. The molecule has 1 atom stereocenters. The first kappa shape index (κ1) is 23.9. The third-order valence-corrected chi connectivity index (χ3v) is 5.01. The Morgan fingerprint density at radius 2 is 1.52 bits per heavy atom. The SMILES string of the molecule is CCC(C)NC(=O)c1cccc(NC(=O)CNc2cccc(C(=O)N(CC)CC)c2)c1. The number of anilines is 2. The van der Waals surface area contributed by atoms with Gasteiger partial charge in [-0.25, -0.2) is 0 Å². The van der Waals surface area contributed by atoms with Crippen molar-refractivity contribution < 1.29 is 14.4 Å². The van der Waals surface area contributed by atoms with Crippen molar-refractivity contribution in [3.05, 3.63) is 59.7 Å². The summed E-state index contributed by atoms with van der Waals surface area (Å²) in [5.41, 5.74) is 2.31. The van der Waals surface area contributed by atoms with Gasteiger partial charge < -0.3 is 20.9 Å². The Hall–Kier alpha value is -3.35. The normalized spacial score (nSPS) is 11.4. The van der Waals surface area contributed by atoms with Crippen LogP contribution in [0.2, 0.25) is 0 Å². The van der Waals surface area contributed by atoms with E-state index in [1.54, 1.807) is 47.4 Å². The number of benzene rings is 2. The van der Waals surface area contributed by atoms with E-state index in [-0.39, 0.29) is 30.3 Å². The zero-order valence-electron chi connectivity index (χ0n) is 18.7. The molecule has 1 unspecified atom stereocenters. The second-order valence-corrected chi connectivity index (χ2v) is 7.32. The highest BCUT2D eigenvalue weighted by atomic mass is 16.2. The Balaban J connectivity index is 1.95. The van der Waals surface area contributed by atoms with Gasteiger partial charge in [-0.2, -0.15) is 0 Å². The topological polar surface area (TPSA) is 90.5 Å². The minimum Gasteiger partial charge on any atom is -0.376 e. The monoisotopic (exact) mass is 424 g/mol. The molecule has 0 saturated carbocycles. The first-order valence-corrected chi connectivity index (χ1v) is 10.7. The molecule has 0 bridgehead atoms. The lowest BCUT2D eigenvalue weighted by Crippen LogP contribution is -2.32. The van der Waals surface area contributed by atoms with Crippen LogP contribution in [0.4, 0.5) is 11.4 Å².